The van der Waals surface area contributed by atoms with Gasteiger partial charge in [-0.1, -0.05) is 18.6 Å². The average Bonchev–Trinajstić information content (AvgIpc) is 3.04. The zero-order valence-corrected chi connectivity index (χ0v) is 15.8. The van der Waals surface area contributed by atoms with Crippen LogP contribution in [0.1, 0.15) is 36.9 Å². The Kier molecular flexibility index (Phi) is 6.33. The van der Waals surface area contributed by atoms with E-state index in [1.54, 1.807) is 5.38 Å². The van der Waals surface area contributed by atoms with Crippen LogP contribution >= 0.6 is 11.3 Å². The van der Waals surface area contributed by atoms with E-state index in [-0.39, 0.29) is 19.1 Å². The van der Waals surface area contributed by atoms with Crippen LogP contribution in [0.15, 0.2) is 29.6 Å². The van der Waals surface area contributed by atoms with Gasteiger partial charge in [0.1, 0.15) is 18.2 Å². The lowest BCUT2D eigenvalue weighted by molar-refractivity contribution is -0.150. The standard InChI is InChI=1S/C19H19F3N2O3S/c20-19(21,22)14-7-5-13(6-8-14)18-23-15(12-28-18)11-27-17(26)10-24-9-3-1-2-4-16(24)25/h5-8,12H,1-4,9-11H2. The Hall–Kier alpha value is -2.42. The van der Waals surface area contributed by atoms with Gasteiger partial charge >= 0.3 is 12.1 Å². The summed E-state index contributed by atoms with van der Waals surface area (Å²) in [6, 6.07) is 4.74. The summed E-state index contributed by atoms with van der Waals surface area (Å²) in [5, 5.41) is 2.24. The molecule has 0 spiro atoms. The number of thiazole rings is 1. The van der Waals surface area contributed by atoms with Gasteiger partial charge in [-0.05, 0) is 25.0 Å². The summed E-state index contributed by atoms with van der Waals surface area (Å²) < 4.78 is 43.1. The van der Waals surface area contributed by atoms with Crippen molar-refractivity contribution in [3.63, 3.8) is 0 Å². The Bertz CT molecular complexity index is 834. The van der Waals surface area contributed by atoms with Crippen LogP contribution in [0.4, 0.5) is 13.2 Å². The largest absolute Gasteiger partial charge is 0.458 e. The maximum Gasteiger partial charge on any atom is 0.416 e. The molecule has 0 aliphatic carbocycles. The Morgan fingerprint density at radius 3 is 2.64 bits per heavy atom. The molecule has 2 heterocycles. The maximum atomic E-state index is 12.6. The number of hydrogen-bond donors (Lipinski definition) is 0. The molecule has 1 amide bonds. The van der Waals surface area contributed by atoms with E-state index in [4.69, 9.17) is 4.74 Å². The highest BCUT2D eigenvalue weighted by Gasteiger charge is 2.30. The summed E-state index contributed by atoms with van der Waals surface area (Å²) in [5.41, 5.74) is 0.353. The van der Waals surface area contributed by atoms with Crippen molar-refractivity contribution >= 4 is 23.2 Å². The smallest absolute Gasteiger partial charge is 0.416 e. The van der Waals surface area contributed by atoms with Gasteiger partial charge in [-0.25, -0.2) is 4.98 Å². The molecule has 0 radical (unpaired) electrons. The first-order valence-electron chi connectivity index (χ1n) is 8.88. The summed E-state index contributed by atoms with van der Waals surface area (Å²) in [6.07, 6.45) is -1.23. The molecule has 0 saturated carbocycles. The van der Waals surface area contributed by atoms with Crippen molar-refractivity contribution < 1.29 is 27.5 Å². The van der Waals surface area contributed by atoms with Crippen molar-refractivity contribution in [1.82, 2.24) is 9.88 Å². The number of halogens is 3. The fraction of sp³-hybridized carbons (Fsp3) is 0.421. The number of ether oxygens (including phenoxy) is 1. The van der Waals surface area contributed by atoms with Crippen LogP contribution in [0, 0.1) is 0 Å². The quantitative estimate of drug-likeness (QED) is 0.688. The zero-order chi connectivity index (χ0) is 20.1. The SMILES string of the molecule is O=C(CN1CCCCCC1=O)OCc1csc(-c2ccc(C(F)(F)F)cc2)n1. The first kappa shape index (κ1) is 20.3. The van der Waals surface area contributed by atoms with Gasteiger partial charge in [0.05, 0.1) is 11.3 Å². The molecule has 0 bridgehead atoms. The monoisotopic (exact) mass is 412 g/mol. The molecule has 1 fully saturated rings. The molecule has 28 heavy (non-hydrogen) atoms. The van der Waals surface area contributed by atoms with E-state index < -0.39 is 17.7 Å². The summed E-state index contributed by atoms with van der Waals surface area (Å²) >= 11 is 1.26. The van der Waals surface area contributed by atoms with Crippen LogP contribution in [0.3, 0.4) is 0 Å². The second-order valence-corrected chi connectivity index (χ2v) is 7.36. The van der Waals surface area contributed by atoms with Gasteiger partial charge in [0, 0.05) is 23.9 Å². The highest BCUT2D eigenvalue weighted by atomic mass is 32.1. The summed E-state index contributed by atoms with van der Waals surface area (Å²) in [6.45, 7) is 0.440. The molecule has 3 rings (SSSR count). The number of carbonyl (C=O) groups is 2. The molecule has 150 valence electrons. The number of hydrogen-bond acceptors (Lipinski definition) is 5. The fourth-order valence-electron chi connectivity index (χ4n) is 2.87. The predicted octanol–water partition coefficient (Wildman–Crippen LogP) is 4.27. The molecule has 0 N–H and O–H groups in total. The molecular weight excluding hydrogens is 393 g/mol. The van der Waals surface area contributed by atoms with Crippen LogP contribution in [-0.4, -0.2) is 34.8 Å². The maximum absolute atomic E-state index is 12.6. The summed E-state index contributed by atoms with van der Waals surface area (Å²) in [7, 11) is 0. The van der Waals surface area contributed by atoms with E-state index in [2.05, 4.69) is 4.98 Å². The van der Waals surface area contributed by atoms with E-state index in [9.17, 15) is 22.8 Å². The molecule has 1 aliphatic rings. The second kappa shape index (κ2) is 8.72. The van der Waals surface area contributed by atoms with Gasteiger partial charge in [0.2, 0.25) is 5.91 Å². The average molecular weight is 412 g/mol. The summed E-state index contributed by atoms with van der Waals surface area (Å²) in [5.74, 6) is -0.535. The fourth-order valence-corrected chi connectivity index (χ4v) is 3.68. The second-order valence-electron chi connectivity index (χ2n) is 6.51. The van der Waals surface area contributed by atoms with Gasteiger partial charge in [-0.3, -0.25) is 9.59 Å². The minimum Gasteiger partial charge on any atom is -0.458 e. The lowest BCUT2D eigenvalue weighted by Crippen LogP contribution is -2.35. The van der Waals surface area contributed by atoms with Crippen LogP contribution in [0.2, 0.25) is 0 Å². The molecule has 1 aromatic heterocycles. The zero-order valence-electron chi connectivity index (χ0n) is 15.0. The third-order valence-corrected chi connectivity index (χ3v) is 5.32. The predicted molar refractivity (Wildman–Crippen MR) is 97.4 cm³/mol. The topological polar surface area (TPSA) is 59.5 Å². The summed E-state index contributed by atoms with van der Waals surface area (Å²) in [4.78, 5) is 29.7. The first-order chi connectivity index (χ1) is 13.3. The number of likely N-dealkylation sites (tertiary alicyclic amines) is 1. The van der Waals surface area contributed by atoms with Crippen molar-refractivity contribution in [3.05, 3.63) is 40.9 Å². The minimum absolute atomic E-state index is 0.0345. The van der Waals surface area contributed by atoms with Crippen LogP contribution < -0.4 is 0 Å². The Morgan fingerprint density at radius 1 is 1.18 bits per heavy atom. The number of nitrogens with zero attached hydrogens (tertiary/aromatic N) is 2. The van der Waals surface area contributed by atoms with Crippen molar-refractivity contribution in [3.8, 4) is 10.6 Å². The molecular formula is C19H19F3N2O3S. The Labute approximate surface area is 164 Å². The van der Waals surface area contributed by atoms with Gasteiger partial charge in [0.15, 0.2) is 0 Å². The van der Waals surface area contributed by atoms with Crippen LogP contribution in [-0.2, 0) is 27.1 Å². The lowest BCUT2D eigenvalue weighted by atomic mass is 10.1. The Morgan fingerprint density at radius 2 is 1.93 bits per heavy atom. The molecule has 1 aromatic carbocycles. The number of carbonyl (C=O) groups excluding carboxylic acids is 2. The van der Waals surface area contributed by atoms with Gasteiger partial charge in [0.25, 0.3) is 0 Å². The van der Waals surface area contributed by atoms with E-state index in [0.29, 0.717) is 29.2 Å². The third-order valence-electron chi connectivity index (χ3n) is 4.38. The van der Waals surface area contributed by atoms with Crippen molar-refractivity contribution in [2.24, 2.45) is 0 Å². The number of aromatic nitrogens is 1. The van der Waals surface area contributed by atoms with Gasteiger partial charge in [-0.2, -0.15) is 13.2 Å². The number of amides is 1. The molecule has 0 atom stereocenters. The van der Waals surface area contributed by atoms with Crippen LogP contribution in [0.25, 0.3) is 10.6 Å². The van der Waals surface area contributed by atoms with E-state index in [1.807, 2.05) is 0 Å². The van der Waals surface area contributed by atoms with Gasteiger partial charge in [-0.15, -0.1) is 11.3 Å². The number of benzene rings is 1. The van der Waals surface area contributed by atoms with E-state index >= 15 is 0 Å². The molecule has 2 aromatic rings. The number of rotatable bonds is 5. The van der Waals surface area contributed by atoms with Crippen LogP contribution in [0.5, 0.6) is 0 Å². The highest BCUT2D eigenvalue weighted by molar-refractivity contribution is 7.13. The van der Waals surface area contributed by atoms with E-state index in [1.165, 1.54) is 28.4 Å². The van der Waals surface area contributed by atoms with Crippen molar-refractivity contribution in [2.45, 2.75) is 38.5 Å². The molecule has 1 saturated heterocycles. The lowest BCUT2D eigenvalue weighted by Gasteiger charge is -2.19. The minimum atomic E-state index is -4.38. The van der Waals surface area contributed by atoms with Crippen molar-refractivity contribution in [1.29, 1.82) is 0 Å². The molecule has 1 aliphatic heterocycles. The third kappa shape index (κ3) is 5.31. The highest BCUT2D eigenvalue weighted by Crippen LogP contribution is 2.31. The number of alkyl halides is 3. The van der Waals surface area contributed by atoms with Crippen molar-refractivity contribution in [2.75, 3.05) is 13.1 Å². The molecule has 0 unspecified atom stereocenters. The molecule has 9 heteroatoms. The normalized spacial score (nSPS) is 15.4. The first-order valence-corrected chi connectivity index (χ1v) is 9.76. The number of esters is 1. The van der Waals surface area contributed by atoms with E-state index in [0.717, 1.165) is 31.4 Å². The Balaban J connectivity index is 1.54. The van der Waals surface area contributed by atoms with Gasteiger partial charge < -0.3 is 9.64 Å². The molecule has 5 nitrogen and oxygen atoms in total.